The third kappa shape index (κ3) is 3.06. The Bertz CT molecular complexity index is 381. The van der Waals surface area contributed by atoms with E-state index in [4.69, 9.17) is 0 Å². The highest BCUT2D eigenvalue weighted by molar-refractivity contribution is 9.10. The molecular weight excluding hydrogens is 268 g/mol. The van der Waals surface area contributed by atoms with Crippen molar-refractivity contribution in [1.29, 1.82) is 0 Å². The first-order valence-corrected chi connectivity index (χ1v) is 6.28. The number of benzene rings is 1. The summed E-state index contributed by atoms with van der Waals surface area (Å²) in [6.07, 6.45) is 1.03. The Balaban J connectivity index is 2.05. The minimum Gasteiger partial charge on any atom is -0.337 e. The van der Waals surface area contributed by atoms with Crippen LogP contribution in [0.15, 0.2) is 28.7 Å². The predicted octanol–water partition coefficient (Wildman–Crippen LogP) is 1.77. The van der Waals surface area contributed by atoms with Crippen LogP contribution in [-0.2, 0) is 11.3 Å². The number of carbonyl (C=O) groups excluding carboxylic acids is 1. The van der Waals surface area contributed by atoms with Gasteiger partial charge in [-0.15, -0.1) is 0 Å². The van der Waals surface area contributed by atoms with Crippen molar-refractivity contribution in [3.8, 4) is 0 Å². The van der Waals surface area contributed by atoms with Crippen LogP contribution in [0.5, 0.6) is 0 Å². The maximum atomic E-state index is 11.8. The van der Waals surface area contributed by atoms with Gasteiger partial charge in [-0.1, -0.05) is 28.1 Å². The van der Waals surface area contributed by atoms with Crippen LogP contribution in [-0.4, -0.2) is 30.4 Å². The number of hydrogen-bond acceptors (Lipinski definition) is 2. The molecule has 1 aliphatic rings. The van der Waals surface area contributed by atoms with E-state index in [1.165, 1.54) is 5.56 Å². The van der Waals surface area contributed by atoms with Crippen molar-refractivity contribution in [1.82, 2.24) is 10.2 Å². The quantitative estimate of drug-likeness (QED) is 0.897. The standard InChI is InChI=1S/C12H15BrN2O/c13-11-4-1-3-10(7-11)9-15-6-2-5-14-8-12(15)16/h1,3-4,7,14H,2,5-6,8-9H2. The van der Waals surface area contributed by atoms with E-state index in [1.807, 2.05) is 17.0 Å². The van der Waals surface area contributed by atoms with Crippen molar-refractivity contribution in [2.75, 3.05) is 19.6 Å². The van der Waals surface area contributed by atoms with Crippen molar-refractivity contribution in [2.45, 2.75) is 13.0 Å². The van der Waals surface area contributed by atoms with Crippen LogP contribution in [0.2, 0.25) is 0 Å². The Morgan fingerprint density at radius 3 is 3.12 bits per heavy atom. The fraction of sp³-hybridized carbons (Fsp3) is 0.417. The van der Waals surface area contributed by atoms with Crippen molar-refractivity contribution in [3.05, 3.63) is 34.3 Å². The Morgan fingerprint density at radius 2 is 2.31 bits per heavy atom. The Kier molecular flexibility index (Phi) is 3.96. The molecule has 1 aromatic rings. The van der Waals surface area contributed by atoms with Gasteiger partial charge in [0.05, 0.1) is 6.54 Å². The number of amides is 1. The fourth-order valence-electron chi connectivity index (χ4n) is 1.85. The monoisotopic (exact) mass is 282 g/mol. The number of nitrogens with zero attached hydrogens (tertiary/aromatic N) is 1. The van der Waals surface area contributed by atoms with Gasteiger partial charge in [-0.05, 0) is 30.7 Å². The highest BCUT2D eigenvalue weighted by Crippen LogP contribution is 2.14. The highest BCUT2D eigenvalue weighted by Gasteiger charge is 2.16. The van der Waals surface area contributed by atoms with E-state index in [9.17, 15) is 4.79 Å². The lowest BCUT2D eigenvalue weighted by Gasteiger charge is -2.20. The first kappa shape index (κ1) is 11.6. The lowest BCUT2D eigenvalue weighted by molar-refractivity contribution is -0.130. The van der Waals surface area contributed by atoms with Crippen molar-refractivity contribution in [2.24, 2.45) is 0 Å². The molecule has 4 heteroatoms. The van der Waals surface area contributed by atoms with Crippen LogP contribution >= 0.6 is 15.9 Å². The molecule has 16 heavy (non-hydrogen) atoms. The number of nitrogens with one attached hydrogen (secondary N) is 1. The molecule has 1 heterocycles. The summed E-state index contributed by atoms with van der Waals surface area (Å²) >= 11 is 3.44. The van der Waals surface area contributed by atoms with Gasteiger partial charge in [0.15, 0.2) is 0 Å². The van der Waals surface area contributed by atoms with Crippen LogP contribution < -0.4 is 5.32 Å². The van der Waals surface area contributed by atoms with Crippen molar-refractivity contribution < 1.29 is 4.79 Å². The second kappa shape index (κ2) is 5.46. The summed E-state index contributed by atoms with van der Waals surface area (Å²) in [5.41, 5.74) is 1.17. The third-order valence-corrected chi connectivity index (χ3v) is 3.17. The molecule has 3 nitrogen and oxygen atoms in total. The largest absolute Gasteiger partial charge is 0.337 e. The highest BCUT2D eigenvalue weighted by atomic mass is 79.9. The number of rotatable bonds is 2. The van der Waals surface area contributed by atoms with E-state index in [0.717, 1.165) is 24.0 Å². The first-order valence-electron chi connectivity index (χ1n) is 5.48. The van der Waals surface area contributed by atoms with E-state index in [2.05, 4.69) is 33.4 Å². The molecule has 0 atom stereocenters. The van der Waals surface area contributed by atoms with Gasteiger partial charge >= 0.3 is 0 Å². The number of halogens is 1. The second-order valence-electron chi connectivity index (χ2n) is 3.98. The predicted molar refractivity (Wildman–Crippen MR) is 67.0 cm³/mol. The van der Waals surface area contributed by atoms with Crippen LogP contribution in [0.25, 0.3) is 0 Å². The van der Waals surface area contributed by atoms with E-state index in [0.29, 0.717) is 13.1 Å². The van der Waals surface area contributed by atoms with Crippen molar-refractivity contribution >= 4 is 21.8 Å². The Labute approximate surface area is 104 Å². The molecule has 1 fully saturated rings. The van der Waals surface area contributed by atoms with E-state index < -0.39 is 0 Å². The van der Waals surface area contributed by atoms with E-state index >= 15 is 0 Å². The van der Waals surface area contributed by atoms with Gasteiger partial charge in [0, 0.05) is 17.6 Å². The van der Waals surface area contributed by atoms with Crippen LogP contribution in [0.3, 0.4) is 0 Å². The smallest absolute Gasteiger partial charge is 0.236 e. The minimum absolute atomic E-state index is 0.192. The summed E-state index contributed by atoms with van der Waals surface area (Å²) in [6.45, 7) is 2.95. The summed E-state index contributed by atoms with van der Waals surface area (Å²) < 4.78 is 1.06. The summed E-state index contributed by atoms with van der Waals surface area (Å²) in [4.78, 5) is 13.7. The molecule has 2 rings (SSSR count). The molecule has 1 aliphatic heterocycles. The van der Waals surface area contributed by atoms with Crippen LogP contribution in [0, 0.1) is 0 Å². The molecular formula is C12H15BrN2O. The minimum atomic E-state index is 0.192. The summed E-state index contributed by atoms with van der Waals surface area (Å²) in [5.74, 6) is 0.192. The van der Waals surface area contributed by atoms with E-state index in [1.54, 1.807) is 0 Å². The molecule has 0 aromatic heterocycles. The molecule has 0 unspecified atom stereocenters. The third-order valence-electron chi connectivity index (χ3n) is 2.67. The zero-order valence-electron chi connectivity index (χ0n) is 9.08. The molecule has 1 amide bonds. The Morgan fingerprint density at radius 1 is 1.44 bits per heavy atom. The van der Waals surface area contributed by atoms with Crippen molar-refractivity contribution in [3.63, 3.8) is 0 Å². The Hall–Kier alpha value is -0.870. The number of hydrogen-bond donors (Lipinski definition) is 1. The summed E-state index contributed by atoms with van der Waals surface area (Å²) in [5, 5.41) is 3.12. The maximum absolute atomic E-state index is 11.8. The summed E-state index contributed by atoms with van der Waals surface area (Å²) in [7, 11) is 0. The molecule has 0 bridgehead atoms. The second-order valence-corrected chi connectivity index (χ2v) is 4.89. The molecule has 1 N–H and O–H groups in total. The topological polar surface area (TPSA) is 32.3 Å². The van der Waals surface area contributed by atoms with Gasteiger partial charge in [0.2, 0.25) is 5.91 Å². The average molecular weight is 283 g/mol. The van der Waals surface area contributed by atoms with Crippen LogP contribution in [0.1, 0.15) is 12.0 Å². The van der Waals surface area contributed by atoms with Gasteiger partial charge in [-0.3, -0.25) is 4.79 Å². The van der Waals surface area contributed by atoms with E-state index in [-0.39, 0.29) is 5.91 Å². The first-order chi connectivity index (χ1) is 7.75. The fourth-order valence-corrected chi connectivity index (χ4v) is 2.30. The van der Waals surface area contributed by atoms with Gasteiger partial charge < -0.3 is 10.2 Å². The maximum Gasteiger partial charge on any atom is 0.236 e. The van der Waals surface area contributed by atoms with Gasteiger partial charge in [-0.2, -0.15) is 0 Å². The lowest BCUT2D eigenvalue weighted by Crippen LogP contribution is -2.34. The summed E-state index contributed by atoms with van der Waals surface area (Å²) in [6, 6.07) is 8.11. The molecule has 1 saturated heterocycles. The van der Waals surface area contributed by atoms with Gasteiger partial charge in [-0.25, -0.2) is 0 Å². The molecule has 0 radical (unpaired) electrons. The molecule has 1 aromatic carbocycles. The van der Waals surface area contributed by atoms with Gasteiger partial charge in [0.1, 0.15) is 0 Å². The zero-order valence-corrected chi connectivity index (χ0v) is 10.7. The SMILES string of the molecule is O=C1CNCCCN1Cc1cccc(Br)c1. The molecule has 0 aliphatic carbocycles. The average Bonchev–Trinajstić information content (AvgIpc) is 2.45. The normalized spacial score (nSPS) is 17.3. The number of carbonyl (C=O) groups is 1. The van der Waals surface area contributed by atoms with Gasteiger partial charge in [0.25, 0.3) is 0 Å². The zero-order chi connectivity index (χ0) is 11.4. The molecule has 86 valence electrons. The molecule has 0 saturated carbocycles. The van der Waals surface area contributed by atoms with Crippen LogP contribution in [0.4, 0.5) is 0 Å². The molecule has 0 spiro atoms. The lowest BCUT2D eigenvalue weighted by atomic mass is 10.2.